The van der Waals surface area contributed by atoms with E-state index in [1.165, 1.54) is 18.0 Å². The van der Waals surface area contributed by atoms with Crippen molar-refractivity contribution in [3.8, 4) is 11.1 Å². The maximum absolute atomic E-state index is 12.5. The summed E-state index contributed by atoms with van der Waals surface area (Å²) in [6.45, 7) is 0.386. The monoisotopic (exact) mass is 619 g/mol. The number of hydrogen-bond donors (Lipinski definition) is 2. The molecule has 0 aliphatic carbocycles. The molecule has 3 unspecified atom stereocenters. The Kier molecular flexibility index (Phi) is 9.82. The molecule has 5 aromatic rings. The van der Waals surface area contributed by atoms with Crippen molar-refractivity contribution >= 4 is 17.7 Å². The number of ether oxygens (including phenoxy) is 2. The molecule has 3 atom stereocenters. The highest BCUT2D eigenvalue weighted by Gasteiger charge is 2.32. The van der Waals surface area contributed by atoms with Crippen molar-refractivity contribution < 1.29 is 24.1 Å². The highest BCUT2D eigenvalue weighted by molar-refractivity contribution is 7.99. The van der Waals surface area contributed by atoms with Crippen LogP contribution in [0.25, 0.3) is 11.1 Å². The third-order valence-electron chi connectivity index (χ3n) is 7.64. The number of nitrogens with zero attached hydrogens (tertiary/aromatic N) is 2. The lowest BCUT2D eigenvalue weighted by molar-refractivity contribution is -0.645. The van der Waals surface area contributed by atoms with Gasteiger partial charge in [-0.25, -0.2) is 0 Å². The molecule has 1 amide bonds. The van der Waals surface area contributed by atoms with Gasteiger partial charge in [-0.05, 0) is 52.1 Å². The lowest BCUT2D eigenvalue weighted by Gasteiger charge is -2.36. The number of carbonyl (C=O) groups is 1. The van der Waals surface area contributed by atoms with E-state index < -0.39 is 6.29 Å². The lowest BCUT2D eigenvalue weighted by Crippen LogP contribution is -2.32. The number of carbonyl (C=O) groups excluding carboxylic acids is 1. The number of aromatic nitrogens is 2. The molecular formula is C36H33N3O5S. The molecule has 1 aliphatic rings. The second-order valence-corrected chi connectivity index (χ2v) is 11.8. The van der Waals surface area contributed by atoms with Crippen molar-refractivity contribution in [1.82, 2.24) is 10.3 Å². The predicted octanol–water partition coefficient (Wildman–Crippen LogP) is 6.14. The molecule has 3 heterocycles. The van der Waals surface area contributed by atoms with Gasteiger partial charge in [0.05, 0.1) is 24.4 Å². The number of amides is 1. The Morgan fingerprint density at radius 2 is 1.73 bits per heavy atom. The van der Waals surface area contributed by atoms with Gasteiger partial charge in [0, 0.05) is 48.8 Å². The van der Waals surface area contributed by atoms with Crippen molar-refractivity contribution in [2.45, 2.75) is 43.1 Å². The van der Waals surface area contributed by atoms with Crippen molar-refractivity contribution in [1.29, 1.82) is 0 Å². The summed E-state index contributed by atoms with van der Waals surface area (Å²) in [7, 11) is 0. The number of aliphatic hydroxyl groups excluding tert-OH is 1. The van der Waals surface area contributed by atoms with E-state index in [4.69, 9.17) is 9.47 Å². The average molecular weight is 620 g/mol. The minimum Gasteiger partial charge on any atom is -0.618 e. The molecule has 1 aliphatic heterocycles. The Bertz CT molecular complexity index is 1720. The number of aliphatic hydroxyl groups is 1. The van der Waals surface area contributed by atoms with Crippen LogP contribution in [0.15, 0.2) is 127 Å². The Morgan fingerprint density at radius 1 is 0.911 bits per heavy atom. The van der Waals surface area contributed by atoms with Gasteiger partial charge in [0.25, 0.3) is 10.9 Å². The van der Waals surface area contributed by atoms with E-state index in [2.05, 4.69) is 16.4 Å². The van der Waals surface area contributed by atoms with Gasteiger partial charge in [-0.15, -0.1) is 0 Å². The first-order chi connectivity index (χ1) is 22.1. The largest absolute Gasteiger partial charge is 0.618 e. The molecule has 1 fully saturated rings. The summed E-state index contributed by atoms with van der Waals surface area (Å²) in [6, 6.07) is 32.8. The quantitative estimate of drug-likeness (QED) is 0.110. The maximum atomic E-state index is 12.5. The van der Waals surface area contributed by atoms with Gasteiger partial charge < -0.3 is 25.1 Å². The van der Waals surface area contributed by atoms with Crippen molar-refractivity contribution in [2.24, 2.45) is 0 Å². The third kappa shape index (κ3) is 7.76. The second kappa shape index (κ2) is 14.5. The number of rotatable bonds is 10. The molecule has 1 saturated heterocycles. The number of nitrogens with one attached hydrogen (secondary N) is 1. The first-order valence-electron chi connectivity index (χ1n) is 14.7. The fourth-order valence-corrected chi connectivity index (χ4v) is 6.13. The Balaban J connectivity index is 1.16. The zero-order valence-corrected chi connectivity index (χ0v) is 25.3. The van der Waals surface area contributed by atoms with Crippen molar-refractivity contribution in [3.63, 3.8) is 0 Å². The molecule has 228 valence electrons. The van der Waals surface area contributed by atoms with Gasteiger partial charge in [0.1, 0.15) is 0 Å². The van der Waals surface area contributed by atoms with Crippen molar-refractivity contribution in [2.75, 3.05) is 5.75 Å². The standard InChI is InChI=1S/C36H33N3O5S/c40-23-25-9-11-28(12-10-25)33-20-32(24-45-34-8-1-2-18-39(34)42)43-36(44-33)29-15-13-27(14-16-29)30-6-3-5-26(19-30)21-38-35(41)31-7-4-17-37-22-31/h1-19,22,32-33,36,40H,20-21,23-24H2,(H,38,41). The molecule has 0 radical (unpaired) electrons. The van der Waals surface area contributed by atoms with E-state index in [0.29, 0.717) is 29.3 Å². The van der Waals surface area contributed by atoms with Crippen LogP contribution in [0, 0.1) is 5.21 Å². The zero-order valence-electron chi connectivity index (χ0n) is 24.5. The van der Waals surface area contributed by atoms with Gasteiger partial charge in [-0.3, -0.25) is 9.78 Å². The zero-order chi connectivity index (χ0) is 31.0. The molecule has 2 N–H and O–H groups in total. The molecule has 2 aromatic heterocycles. The lowest BCUT2D eigenvalue weighted by atomic mass is 9.99. The van der Waals surface area contributed by atoms with Crippen LogP contribution in [0.1, 0.15) is 51.4 Å². The van der Waals surface area contributed by atoms with E-state index >= 15 is 0 Å². The number of pyridine rings is 2. The number of benzene rings is 3. The summed E-state index contributed by atoms with van der Waals surface area (Å²) in [6.07, 6.45) is 4.36. The molecule has 6 rings (SSSR count). The summed E-state index contributed by atoms with van der Waals surface area (Å²) in [5, 5.41) is 25.3. The van der Waals surface area contributed by atoms with E-state index in [9.17, 15) is 15.1 Å². The minimum atomic E-state index is -0.593. The van der Waals surface area contributed by atoms with E-state index in [0.717, 1.165) is 38.1 Å². The van der Waals surface area contributed by atoms with Crippen LogP contribution >= 0.6 is 11.8 Å². The van der Waals surface area contributed by atoms with Crippen LogP contribution < -0.4 is 10.0 Å². The number of thioether (sulfide) groups is 1. The first kappa shape index (κ1) is 30.5. The van der Waals surface area contributed by atoms with Crippen LogP contribution in [0.4, 0.5) is 0 Å². The Morgan fingerprint density at radius 3 is 2.49 bits per heavy atom. The fourth-order valence-electron chi connectivity index (χ4n) is 5.20. The van der Waals surface area contributed by atoms with Crippen LogP contribution in [0.3, 0.4) is 0 Å². The van der Waals surface area contributed by atoms with Gasteiger partial charge in [0.2, 0.25) is 0 Å². The second-order valence-electron chi connectivity index (χ2n) is 10.8. The van der Waals surface area contributed by atoms with E-state index in [1.54, 1.807) is 30.6 Å². The third-order valence-corrected chi connectivity index (χ3v) is 8.79. The van der Waals surface area contributed by atoms with E-state index in [1.807, 2.05) is 78.9 Å². The normalized spacial score (nSPS) is 17.9. The van der Waals surface area contributed by atoms with E-state index in [-0.39, 0.29) is 24.7 Å². The van der Waals surface area contributed by atoms with Gasteiger partial charge in [-0.2, -0.15) is 4.73 Å². The minimum absolute atomic E-state index is 0.0155. The van der Waals surface area contributed by atoms with Crippen molar-refractivity contribution in [3.05, 3.63) is 155 Å². The smallest absolute Gasteiger partial charge is 0.253 e. The highest BCUT2D eigenvalue weighted by atomic mass is 32.2. The molecule has 0 spiro atoms. The van der Waals surface area contributed by atoms with Crippen LogP contribution in [-0.2, 0) is 22.6 Å². The molecule has 45 heavy (non-hydrogen) atoms. The SMILES string of the molecule is O=C(NCc1cccc(-c2ccc(C3OC(CSc4cccc[n+]4[O-])CC(c4ccc(CO)cc4)O3)cc2)c1)c1cccnc1. The summed E-state index contributed by atoms with van der Waals surface area (Å²) >= 11 is 1.47. The topological polar surface area (TPSA) is 108 Å². The molecular weight excluding hydrogens is 586 g/mol. The summed E-state index contributed by atoms with van der Waals surface area (Å²) < 4.78 is 13.8. The highest BCUT2D eigenvalue weighted by Crippen LogP contribution is 2.39. The molecule has 8 nitrogen and oxygen atoms in total. The summed E-state index contributed by atoms with van der Waals surface area (Å²) in [4.78, 5) is 16.5. The van der Waals surface area contributed by atoms with Gasteiger partial charge in [0.15, 0.2) is 12.5 Å². The molecule has 0 bridgehead atoms. The Hall–Kier alpha value is -4.54. The molecule has 9 heteroatoms. The van der Waals surface area contributed by atoms with Crippen LogP contribution in [-0.4, -0.2) is 27.9 Å². The maximum Gasteiger partial charge on any atom is 0.253 e. The van der Waals surface area contributed by atoms with Gasteiger partial charge in [-0.1, -0.05) is 78.5 Å². The van der Waals surface area contributed by atoms with Crippen LogP contribution in [0.2, 0.25) is 0 Å². The molecule has 3 aromatic carbocycles. The molecule has 0 saturated carbocycles. The summed E-state index contributed by atoms with van der Waals surface area (Å²) in [5.41, 5.74) is 6.32. The Labute approximate surface area is 266 Å². The number of hydrogen-bond acceptors (Lipinski definition) is 7. The average Bonchev–Trinajstić information content (AvgIpc) is 3.11. The van der Waals surface area contributed by atoms with Crippen LogP contribution in [0.5, 0.6) is 0 Å². The fraction of sp³-hybridized carbons (Fsp3) is 0.194. The predicted molar refractivity (Wildman–Crippen MR) is 172 cm³/mol. The van der Waals surface area contributed by atoms with Gasteiger partial charge >= 0.3 is 0 Å². The first-order valence-corrected chi connectivity index (χ1v) is 15.7. The summed E-state index contributed by atoms with van der Waals surface area (Å²) in [5.74, 6) is 0.431.